The van der Waals surface area contributed by atoms with Crippen molar-refractivity contribution in [3.63, 3.8) is 0 Å². The van der Waals surface area contributed by atoms with E-state index in [2.05, 4.69) is 20.9 Å². The molecule has 5 N–H and O–H groups in total. The van der Waals surface area contributed by atoms with Crippen molar-refractivity contribution in [3.05, 3.63) is 18.0 Å². The van der Waals surface area contributed by atoms with Crippen LogP contribution in [0.1, 0.15) is 23.8 Å². The highest BCUT2D eigenvalue weighted by Gasteiger charge is 2.13. The Morgan fingerprint density at radius 3 is 2.82 bits per heavy atom. The van der Waals surface area contributed by atoms with Crippen molar-refractivity contribution in [2.45, 2.75) is 19.4 Å². The second kappa shape index (κ2) is 9.42. The second-order valence-electron chi connectivity index (χ2n) is 5.04. The predicted octanol–water partition coefficient (Wildman–Crippen LogP) is 0.508. The molecule has 0 saturated carbocycles. The first kappa shape index (κ1) is 20.4. The fourth-order valence-corrected chi connectivity index (χ4v) is 2.07. The molecular weight excluding hydrogens is 327 g/mol. The van der Waals surface area contributed by atoms with Crippen LogP contribution in [0, 0.1) is 0 Å². The van der Waals surface area contributed by atoms with E-state index in [1.54, 1.807) is 23.9 Å². The van der Waals surface area contributed by atoms with Crippen LogP contribution in [-0.4, -0.2) is 42.1 Å². The van der Waals surface area contributed by atoms with Crippen LogP contribution >= 0.6 is 24.8 Å². The zero-order chi connectivity index (χ0) is 14.5. The van der Waals surface area contributed by atoms with Gasteiger partial charge in [0.15, 0.2) is 5.96 Å². The number of guanidine groups is 1. The maximum Gasteiger partial charge on any atom is 0.268 e. The molecule has 22 heavy (non-hydrogen) atoms. The van der Waals surface area contributed by atoms with Gasteiger partial charge in [-0.2, -0.15) is 0 Å². The molecule has 1 aliphatic heterocycles. The fraction of sp³-hybridized carbons (Fsp3) is 0.538. The average Bonchev–Trinajstić information content (AvgIpc) is 2.76. The van der Waals surface area contributed by atoms with Gasteiger partial charge in [-0.3, -0.25) is 9.79 Å². The Bertz CT molecular complexity index is 517. The average molecular weight is 351 g/mol. The van der Waals surface area contributed by atoms with Crippen LogP contribution in [0.3, 0.4) is 0 Å². The summed E-state index contributed by atoms with van der Waals surface area (Å²) in [7, 11) is 1.80. The van der Waals surface area contributed by atoms with E-state index in [9.17, 15) is 4.79 Å². The van der Waals surface area contributed by atoms with Gasteiger partial charge in [0.25, 0.3) is 5.91 Å². The standard InChI is InChI=1S/C13H22N6O.2ClH/c1-9(18-13-15-4-3-5-16-13)7-17-12(20)11-6-10(14)8-19(11)2;;/h6,8-9H,3-5,7,14H2,1-2H3,(H,17,20)(H2,15,16,18);2*1H. The van der Waals surface area contributed by atoms with Crippen molar-refractivity contribution < 1.29 is 4.79 Å². The quantitative estimate of drug-likeness (QED) is 0.636. The molecule has 1 aromatic heterocycles. The molecule has 0 spiro atoms. The number of nitrogen functional groups attached to an aromatic ring is 1. The Labute approximate surface area is 142 Å². The molecule has 1 aromatic rings. The van der Waals surface area contributed by atoms with E-state index in [0.29, 0.717) is 17.9 Å². The number of aryl methyl sites for hydroxylation is 1. The summed E-state index contributed by atoms with van der Waals surface area (Å²) in [5, 5.41) is 9.31. The van der Waals surface area contributed by atoms with Crippen LogP contribution in [0.2, 0.25) is 0 Å². The third-order valence-electron chi connectivity index (χ3n) is 3.11. The number of halogens is 2. The highest BCUT2D eigenvalue weighted by atomic mass is 35.5. The van der Waals surface area contributed by atoms with Gasteiger partial charge in [0.1, 0.15) is 5.69 Å². The first-order chi connectivity index (χ1) is 9.56. The second-order valence-corrected chi connectivity index (χ2v) is 5.04. The number of amides is 1. The van der Waals surface area contributed by atoms with Crippen LogP contribution in [0.25, 0.3) is 0 Å². The van der Waals surface area contributed by atoms with Gasteiger partial charge < -0.3 is 26.3 Å². The number of hydrogen-bond donors (Lipinski definition) is 4. The fourth-order valence-electron chi connectivity index (χ4n) is 2.07. The zero-order valence-corrected chi connectivity index (χ0v) is 14.4. The molecule has 7 nitrogen and oxygen atoms in total. The lowest BCUT2D eigenvalue weighted by molar-refractivity contribution is 0.0943. The number of rotatable bonds is 4. The summed E-state index contributed by atoms with van der Waals surface area (Å²) in [5.74, 6) is 0.678. The van der Waals surface area contributed by atoms with Crippen LogP contribution in [-0.2, 0) is 7.05 Å². The van der Waals surface area contributed by atoms with E-state index in [1.807, 2.05) is 6.92 Å². The van der Waals surface area contributed by atoms with Gasteiger partial charge in [-0.05, 0) is 19.4 Å². The van der Waals surface area contributed by atoms with Gasteiger partial charge in [-0.15, -0.1) is 24.8 Å². The Morgan fingerprint density at radius 2 is 2.27 bits per heavy atom. The summed E-state index contributed by atoms with van der Waals surface area (Å²) in [6.07, 6.45) is 2.78. The summed E-state index contributed by atoms with van der Waals surface area (Å²) < 4.78 is 1.72. The molecule has 0 saturated heterocycles. The lowest BCUT2D eigenvalue weighted by Crippen LogP contribution is -2.48. The molecule has 9 heteroatoms. The summed E-state index contributed by atoms with van der Waals surface area (Å²) in [4.78, 5) is 16.3. The highest BCUT2D eigenvalue weighted by molar-refractivity contribution is 5.93. The minimum absolute atomic E-state index is 0. The minimum atomic E-state index is -0.128. The van der Waals surface area contributed by atoms with Crippen molar-refractivity contribution in [2.75, 3.05) is 25.4 Å². The third kappa shape index (κ3) is 5.65. The number of nitrogens with zero attached hydrogens (tertiary/aromatic N) is 2. The maximum atomic E-state index is 12.0. The number of aromatic nitrogens is 1. The lowest BCUT2D eigenvalue weighted by atomic mass is 10.3. The molecule has 0 fully saturated rings. The molecule has 126 valence electrons. The van der Waals surface area contributed by atoms with Crippen molar-refractivity contribution in [1.29, 1.82) is 0 Å². The Kier molecular flexibility index (Phi) is 8.74. The van der Waals surface area contributed by atoms with E-state index in [1.165, 1.54) is 0 Å². The van der Waals surface area contributed by atoms with Gasteiger partial charge in [0.05, 0.1) is 5.69 Å². The van der Waals surface area contributed by atoms with Crippen LogP contribution in [0.4, 0.5) is 5.69 Å². The zero-order valence-electron chi connectivity index (χ0n) is 12.8. The van der Waals surface area contributed by atoms with Gasteiger partial charge in [0, 0.05) is 38.9 Å². The number of nitrogens with one attached hydrogen (secondary N) is 3. The van der Waals surface area contributed by atoms with E-state index in [-0.39, 0.29) is 36.8 Å². The number of nitrogens with two attached hydrogens (primary N) is 1. The Hall–Kier alpha value is -1.60. The number of carbonyl (C=O) groups excluding carboxylic acids is 1. The normalized spacial score (nSPS) is 14.5. The molecule has 2 rings (SSSR count). The summed E-state index contributed by atoms with van der Waals surface area (Å²) in [6.45, 7) is 4.30. The van der Waals surface area contributed by atoms with E-state index >= 15 is 0 Å². The molecule has 1 unspecified atom stereocenters. The maximum absolute atomic E-state index is 12.0. The third-order valence-corrected chi connectivity index (χ3v) is 3.11. The summed E-state index contributed by atoms with van der Waals surface area (Å²) >= 11 is 0. The van der Waals surface area contributed by atoms with Gasteiger partial charge >= 0.3 is 0 Å². The monoisotopic (exact) mass is 350 g/mol. The van der Waals surface area contributed by atoms with Gasteiger partial charge in [-0.1, -0.05) is 0 Å². The predicted molar refractivity (Wildman–Crippen MR) is 94.2 cm³/mol. The molecule has 0 aliphatic carbocycles. The minimum Gasteiger partial charge on any atom is -0.397 e. The number of carbonyl (C=O) groups is 1. The Balaban J connectivity index is 0.00000220. The van der Waals surface area contributed by atoms with E-state index in [4.69, 9.17) is 5.73 Å². The lowest BCUT2D eigenvalue weighted by Gasteiger charge is -2.21. The van der Waals surface area contributed by atoms with E-state index in [0.717, 1.165) is 25.5 Å². The van der Waals surface area contributed by atoms with Crippen LogP contribution in [0.15, 0.2) is 17.3 Å². The van der Waals surface area contributed by atoms with Gasteiger partial charge in [-0.25, -0.2) is 0 Å². The molecule has 1 aliphatic rings. The van der Waals surface area contributed by atoms with Crippen molar-refractivity contribution in [2.24, 2.45) is 12.0 Å². The SMILES string of the molecule is CC(CNC(=O)c1cc(N)cn1C)NC1=NCCCN1.Cl.Cl. The molecule has 2 heterocycles. The topological polar surface area (TPSA) is 96.5 Å². The first-order valence-electron chi connectivity index (χ1n) is 6.81. The molecule has 0 radical (unpaired) electrons. The molecule has 1 amide bonds. The van der Waals surface area contributed by atoms with Crippen LogP contribution < -0.4 is 21.7 Å². The summed E-state index contributed by atoms with van der Waals surface area (Å²) in [5.41, 5.74) is 6.81. The smallest absolute Gasteiger partial charge is 0.268 e. The number of anilines is 1. The number of hydrogen-bond acceptors (Lipinski definition) is 5. The first-order valence-corrected chi connectivity index (χ1v) is 6.81. The van der Waals surface area contributed by atoms with Crippen LogP contribution in [0.5, 0.6) is 0 Å². The van der Waals surface area contributed by atoms with Crippen molar-refractivity contribution in [3.8, 4) is 0 Å². The molecule has 1 atom stereocenters. The largest absolute Gasteiger partial charge is 0.397 e. The number of aliphatic imine (C=N–C) groups is 1. The van der Waals surface area contributed by atoms with Gasteiger partial charge in [0.2, 0.25) is 0 Å². The van der Waals surface area contributed by atoms with Crippen molar-refractivity contribution in [1.82, 2.24) is 20.5 Å². The summed E-state index contributed by atoms with van der Waals surface area (Å²) in [6, 6.07) is 1.76. The highest BCUT2D eigenvalue weighted by Crippen LogP contribution is 2.08. The molecule has 0 bridgehead atoms. The molecular formula is C13H24Cl2N6O. The molecule has 0 aromatic carbocycles. The van der Waals surface area contributed by atoms with E-state index < -0.39 is 0 Å². The Morgan fingerprint density at radius 1 is 1.55 bits per heavy atom. The van der Waals surface area contributed by atoms with Crippen molar-refractivity contribution >= 4 is 42.4 Å².